The van der Waals surface area contributed by atoms with Crippen molar-refractivity contribution < 1.29 is 13.9 Å². The Labute approximate surface area is 198 Å². The molecule has 2 saturated heterocycles. The average molecular weight is 464 g/mol. The summed E-state index contributed by atoms with van der Waals surface area (Å²) in [6, 6.07) is 4.98. The number of nitrogens with one attached hydrogen (secondary N) is 1. The van der Waals surface area contributed by atoms with E-state index in [-0.39, 0.29) is 18.6 Å². The lowest BCUT2D eigenvalue weighted by Crippen LogP contribution is -2.43. The van der Waals surface area contributed by atoms with Crippen molar-refractivity contribution in [3.8, 4) is 5.75 Å². The maximum absolute atomic E-state index is 14.1. The van der Waals surface area contributed by atoms with Crippen LogP contribution in [0.5, 0.6) is 5.75 Å². The van der Waals surface area contributed by atoms with Gasteiger partial charge in [0.1, 0.15) is 17.7 Å². The number of hydrogen-bond donors (Lipinski definition) is 2. The van der Waals surface area contributed by atoms with Gasteiger partial charge in [-0.15, -0.1) is 0 Å². The van der Waals surface area contributed by atoms with Crippen molar-refractivity contribution in [2.45, 2.75) is 63.1 Å². The molecule has 178 valence electrons. The zero-order valence-corrected chi connectivity index (χ0v) is 19.3. The third-order valence-corrected chi connectivity index (χ3v) is 7.70. The van der Waals surface area contributed by atoms with Crippen molar-refractivity contribution in [3.63, 3.8) is 0 Å². The Balaban J connectivity index is 1.18. The van der Waals surface area contributed by atoms with Gasteiger partial charge in [-0.3, -0.25) is 4.79 Å². The van der Waals surface area contributed by atoms with Crippen molar-refractivity contribution in [1.82, 2.24) is 20.2 Å². The molecule has 1 amide bonds. The highest BCUT2D eigenvalue weighted by Gasteiger charge is 2.39. The molecule has 1 aromatic carbocycles. The minimum absolute atomic E-state index is 0.0368. The molecular weight excluding hydrogens is 433 g/mol. The van der Waals surface area contributed by atoms with E-state index in [1.54, 1.807) is 4.90 Å². The summed E-state index contributed by atoms with van der Waals surface area (Å²) >= 11 is 0. The molecule has 4 unspecified atom stereocenters. The van der Waals surface area contributed by atoms with E-state index in [4.69, 9.17) is 10.5 Å². The number of piperidine rings is 1. The summed E-state index contributed by atoms with van der Waals surface area (Å²) in [4.78, 5) is 24.1. The van der Waals surface area contributed by atoms with E-state index in [2.05, 4.69) is 22.2 Å². The SMILES string of the molecule is CC1CC2CC(Oc3cc(F)ccc3C(=O)N3CC(N)=C(c4ncc(C5CC5)cn4)C3)CC1N2. The first-order valence-corrected chi connectivity index (χ1v) is 12.3. The van der Waals surface area contributed by atoms with Crippen LogP contribution in [0, 0.1) is 11.7 Å². The summed E-state index contributed by atoms with van der Waals surface area (Å²) in [7, 11) is 0. The van der Waals surface area contributed by atoms with Gasteiger partial charge in [0, 0.05) is 41.8 Å². The van der Waals surface area contributed by atoms with Gasteiger partial charge in [0.15, 0.2) is 5.82 Å². The van der Waals surface area contributed by atoms with Crippen LogP contribution in [-0.2, 0) is 0 Å². The van der Waals surface area contributed by atoms with Crippen LogP contribution in [0.2, 0.25) is 0 Å². The van der Waals surface area contributed by atoms with Crippen LogP contribution in [0.25, 0.3) is 5.57 Å². The summed E-state index contributed by atoms with van der Waals surface area (Å²) < 4.78 is 20.4. The number of carbonyl (C=O) groups is 1. The van der Waals surface area contributed by atoms with Gasteiger partial charge in [0.2, 0.25) is 0 Å². The molecule has 3 fully saturated rings. The first-order valence-electron chi connectivity index (χ1n) is 12.3. The normalized spacial score (nSPS) is 28.5. The van der Waals surface area contributed by atoms with Crippen LogP contribution in [-0.4, -0.2) is 52.1 Å². The molecular formula is C26H30FN5O2. The first-order chi connectivity index (χ1) is 16.4. The third kappa shape index (κ3) is 4.04. The number of amides is 1. The molecule has 3 aliphatic heterocycles. The van der Waals surface area contributed by atoms with E-state index in [1.165, 1.54) is 31.0 Å². The van der Waals surface area contributed by atoms with Gasteiger partial charge in [-0.2, -0.15) is 0 Å². The molecule has 1 saturated carbocycles. The Morgan fingerprint density at radius 2 is 1.97 bits per heavy atom. The summed E-state index contributed by atoms with van der Waals surface area (Å²) in [6.45, 7) is 2.86. The van der Waals surface area contributed by atoms with Gasteiger partial charge in [0.25, 0.3) is 5.91 Å². The van der Waals surface area contributed by atoms with Crippen LogP contribution in [0.3, 0.4) is 0 Å². The van der Waals surface area contributed by atoms with E-state index in [0.717, 1.165) is 30.4 Å². The molecule has 7 nitrogen and oxygen atoms in total. The number of halogens is 1. The number of hydrogen-bond acceptors (Lipinski definition) is 6. The zero-order chi connectivity index (χ0) is 23.4. The molecule has 34 heavy (non-hydrogen) atoms. The van der Waals surface area contributed by atoms with Crippen LogP contribution in [0.15, 0.2) is 36.3 Å². The van der Waals surface area contributed by atoms with E-state index in [9.17, 15) is 9.18 Å². The second-order valence-electron chi connectivity index (χ2n) is 10.3. The molecule has 0 spiro atoms. The number of ether oxygens (including phenoxy) is 1. The van der Waals surface area contributed by atoms with E-state index >= 15 is 0 Å². The van der Waals surface area contributed by atoms with Crippen LogP contribution in [0.4, 0.5) is 4.39 Å². The standard InChI is InChI=1S/C26H30FN5O2/c1-14-6-18-8-19(9-23(14)31-18)34-24-7-17(27)4-5-20(24)26(33)32-12-21(22(28)13-32)25-29-10-16(11-30-25)15-2-3-15/h4-5,7,10-11,14-15,18-19,23,31H,2-3,6,8-9,12-13,28H2,1H3. The van der Waals surface area contributed by atoms with Gasteiger partial charge >= 0.3 is 0 Å². The first kappa shape index (κ1) is 21.5. The van der Waals surface area contributed by atoms with Crippen molar-refractivity contribution in [2.75, 3.05) is 13.1 Å². The number of fused-ring (bicyclic) bond motifs is 2. The van der Waals surface area contributed by atoms with Gasteiger partial charge in [-0.1, -0.05) is 6.92 Å². The van der Waals surface area contributed by atoms with Crippen molar-refractivity contribution in [3.05, 3.63) is 59.1 Å². The molecule has 8 heteroatoms. The number of aromatic nitrogens is 2. The Bertz CT molecular complexity index is 1140. The average Bonchev–Trinajstić information content (AvgIpc) is 3.55. The summed E-state index contributed by atoms with van der Waals surface area (Å²) in [5.41, 5.74) is 9.16. The second-order valence-corrected chi connectivity index (χ2v) is 10.3. The number of carbonyl (C=O) groups excluding carboxylic acids is 1. The predicted molar refractivity (Wildman–Crippen MR) is 126 cm³/mol. The van der Waals surface area contributed by atoms with Crippen molar-refractivity contribution >= 4 is 11.5 Å². The Hall–Kier alpha value is -3.00. The van der Waals surface area contributed by atoms with Gasteiger partial charge < -0.3 is 20.7 Å². The fourth-order valence-corrected chi connectivity index (χ4v) is 5.65. The molecule has 4 aliphatic rings. The number of nitrogens with zero attached hydrogens (tertiary/aromatic N) is 3. The van der Waals surface area contributed by atoms with Gasteiger partial charge in [-0.05, 0) is 61.6 Å². The predicted octanol–water partition coefficient (Wildman–Crippen LogP) is 3.23. The molecule has 4 atom stereocenters. The lowest BCUT2D eigenvalue weighted by atomic mass is 9.99. The number of rotatable bonds is 5. The fraction of sp³-hybridized carbons (Fsp3) is 0.500. The van der Waals surface area contributed by atoms with E-state index < -0.39 is 5.82 Å². The van der Waals surface area contributed by atoms with E-state index in [1.807, 2.05) is 12.4 Å². The minimum Gasteiger partial charge on any atom is -0.489 e. The lowest BCUT2D eigenvalue weighted by Gasteiger charge is -2.31. The lowest BCUT2D eigenvalue weighted by molar-refractivity contribution is 0.0785. The molecule has 1 aliphatic carbocycles. The summed E-state index contributed by atoms with van der Waals surface area (Å²) in [5, 5.41) is 3.63. The second kappa shape index (κ2) is 8.34. The molecule has 3 N–H and O–H groups in total. The zero-order valence-electron chi connectivity index (χ0n) is 19.3. The maximum Gasteiger partial charge on any atom is 0.258 e. The topological polar surface area (TPSA) is 93.4 Å². The van der Waals surface area contributed by atoms with Gasteiger partial charge in [-0.25, -0.2) is 14.4 Å². The summed E-state index contributed by atoms with van der Waals surface area (Å²) in [6.07, 6.45) is 8.92. The highest BCUT2D eigenvalue weighted by molar-refractivity contribution is 5.98. The molecule has 2 bridgehead atoms. The van der Waals surface area contributed by atoms with Crippen LogP contribution >= 0.6 is 0 Å². The minimum atomic E-state index is -0.416. The largest absolute Gasteiger partial charge is 0.489 e. The Morgan fingerprint density at radius 1 is 1.18 bits per heavy atom. The van der Waals surface area contributed by atoms with Crippen LogP contribution < -0.4 is 15.8 Å². The Kier molecular flexibility index (Phi) is 5.28. The smallest absolute Gasteiger partial charge is 0.258 e. The Morgan fingerprint density at radius 3 is 2.71 bits per heavy atom. The van der Waals surface area contributed by atoms with Crippen molar-refractivity contribution in [2.24, 2.45) is 11.7 Å². The third-order valence-electron chi connectivity index (χ3n) is 7.70. The fourth-order valence-electron chi connectivity index (χ4n) is 5.65. The monoisotopic (exact) mass is 463 g/mol. The molecule has 6 rings (SSSR count). The van der Waals surface area contributed by atoms with Crippen LogP contribution in [0.1, 0.15) is 66.7 Å². The molecule has 4 heterocycles. The molecule has 0 radical (unpaired) electrons. The van der Waals surface area contributed by atoms with Gasteiger partial charge in [0.05, 0.1) is 18.7 Å². The number of benzene rings is 1. The molecule has 2 aromatic rings. The van der Waals surface area contributed by atoms with E-state index in [0.29, 0.717) is 53.3 Å². The number of nitrogens with two attached hydrogens (primary N) is 1. The molecule has 1 aromatic heterocycles. The van der Waals surface area contributed by atoms with Crippen molar-refractivity contribution in [1.29, 1.82) is 0 Å². The maximum atomic E-state index is 14.1. The quantitative estimate of drug-likeness (QED) is 0.707. The highest BCUT2D eigenvalue weighted by atomic mass is 19.1. The highest BCUT2D eigenvalue weighted by Crippen LogP contribution is 2.39. The summed E-state index contributed by atoms with van der Waals surface area (Å²) in [5.74, 6) is 1.41.